The van der Waals surface area contributed by atoms with Crippen LogP contribution in [0.25, 0.3) is 10.4 Å². The predicted molar refractivity (Wildman–Crippen MR) is 62.0 cm³/mol. The molecule has 0 bridgehead atoms. The molecule has 0 spiro atoms. The van der Waals surface area contributed by atoms with E-state index in [1.54, 1.807) is 0 Å². The van der Waals surface area contributed by atoms with Crippen molar-refractivity contribution < 1.29 is 13.2 Å². The highest BCUT2D eigenvalue weighted by Gasteiger charge is 2.31. The Kier molecular flexibility index (Phi) is 3.01. The van der Waals surface area contributed by atoms with E-state index in [-0.39, 0.29) is 15.7 Å². The number of aromatic nitrogens is 1. The van der Waals surface area contributed by atoms with Crippen LogP contribution in [-0.2, 0) is 6.18 Å². The standard InChI is InChI=1S/C10H6ClF3N2S/c11-7-2-1-5(10(12,13)14)3-6(7)8-4-16-9(15)17-8/h1-4H,(H2,15,16). The number of hydrogen-bond acceptors (Lipinski definition) is 3. The third kappa shape index (κ3) is 2.53. The number of nitrogens with zero attached hydrogens (tertiary/aromatic N) is 1. The Bertz CT molecular complexity index is 551. The first-order chi connectivity index (χ1) is 7.88. The molecule has 0 saturated heterocycles. The average molecular weight is 279 g/mol. The molecule has 0 fully saturated rings. The summed E-state index contributed by atoms with van der Waals surface area (Å²) in [5.74, 6) is 0. The van der Waals surface area contributed by atoms with Crippen molar-refractivity contribution in [2.75, 3.05) is 5.73 Å². The number of alkyl halides is 3. The summed E-state index contributed by atoms with van der Waals surface area (Å²) >= 11 is 6.95. The third-order valence-corrected chi connectivity index (χ3v) is 3.27. The molecular formula is C10H6ClF3N2S. The van der Waals surface area contributed by atoms with Crippen molar-refractivity contribution in [3.63, 3.8) is 0 Å². The van der Waals surface area contributed by atoms with E-state index in [0.717, 1.165) is 23.5 Å². The smallest absolute Gasteiger partial charge is 0.375 e. The molecule has 7 heteroatoms. The van der Waals surface area contributed by atoms with E-state index in [1.165, 1.54) is 12.3 Å². The van der Waals surface area contributed by atoms with Crippen LogP contribution in [-0.4, -0.2) is 4.98 Å². The summed E-state index contributed by atoms with van der Waals surface area (Å²) in [5, 5.41) is 0.523. The van der Waals surface area contributed by atoms with Crippen molar-refractivity contribution in [1.82, 2.24) is 4.98 Å². The number of benzene rings is 1. The molecule has 0 radical (unpaired) electrons. The number of hydrogen-bond donors (Lipinski definition) is 1. The summed E-state index contributed by atoms with van der Waals surface area (Å²) in [6.07, 6.45) is -2.99. The predicted octanol–water partition coefficient (Wildman–Crippen LogP) is 4.06. The minimum atomic E-state index is -4.39. The van der Waals surface area contributed by atoms with Gasteiger partial charge in [-0.3, -0.25) is 0 Å². The third-order valence-electron chi connectivity index (χ3n) is 2.08. The lowest BCUT2D eigenvalue weighted by Crippen LogP contribution is -2.04. The minimum Gasteiger partial charge on any atom is -0.375 e. The van der Waals surface area contributed by atoms with Gasteiger partial charge in [-0.25, -0.2) is 4.98 Å². The highest BCUT2D eigenvalue weighted by molar-refractivity contribution is 7.18. The van der Waals surface area contributed by atoms with Crippen molar-refractivity contribution in [1.29, 1.82) is 0 Å². The van der Waals surface area contributed by atoms with Crippen molar-refractivity contribution in [2.45, 2.75) is 6.18 Å². The van der Waals surface area contributed by atoms with Crippen LogP contribution in [0.4, 0.5) is 18.3 Å². The Balaban J connectivity index is 2.54. The molecule has 0 aliphatic heterocycles. The van der Waals surface area contributed by atoms with E-state index in [2.05, 4.69) is 4.98 Å². The number of thiazole rings is 1. The summed E-state index contributed by atoms with van der Waals surface area (Å²) in [5.41, 5.74) is 4.97. The molecule has 2 N–H and O–H groups in total. The number of nitrogens with two attached hydrogens (primary N) is 1. The lowest BCUT2D eigenvalue weighted by atomic mass is 10.1. The Morgan fingerprint density at radius 2 is 2.00 bits per heavy atom. The number of halogens is 4. The van der Waals surface area contributed by atoms with E-state index in [4.69, 9.17) is 17.3 Å². The molecule has 1 aromatic heterocycles. The summed E-state index contributed by atoms with van der Waals surface area (Å²) in [7, 11) is 0. The molecule has 0 amide bonds. The molecule has 2 aromatic rings. The second kappa shape index (κ2) is 4.19. The maximum absolute atomic E-state index is 12.5. The second-order valence-electron chi connectivity index (χ2n) is 3.26. The first-order valence-corrected chi connectivity index (χ1v) is 5.66. The fourth-order valence-electron chi connectivity index (χ4n) is 1.30. The topological polar surface area (TPSA) is 38.9 Å². The van der Waals surface area contributed by atoms with Gasteiger partial charge in [-0.1, -0.05) is 22.9 Å². The maximum Gasteiger partial charge on any atom is 0.416 e. The van der Waals surface area contributed by atoms with Gasteiger partial charge >= 0.3 is 6.18 Å². The van der Waals surface area contributed by atoms with E-state index in [9.17, 15) is 13.2 Å². The Morgan fingerprint density at radius 3 is 2.53 bits per heavy atom. The average Bonchev–Trinajstić information content (AvgIpc) is 2.63. The molecular weight excluding hydrogens is 273 g/mol. The molecule has 2 nitrogen and oxygen atoms in total. The lowest BCUT2D eigenvalue weighted by molar-refractivity contribution is -0.137. The van der Waals surface area contributed by atoms with Crippen LogP contribution in [0.3, 0.4) is 0 Å². The molecule has 0 saturated carbocycles. The Morgan fingerprint density at radius 1 is 1.29 bits per heavy atom. The number of nitrogen functional groups attached to an aromatic ring is 1. The van der Waals surface area contributed by atoms with Gasteiger partial charge in [-0.15, -0.1) is 0 Å². The van der Waals surface area contributed by atoms with E-state index in [0.29, 0.717) is 4.88 Å². The van der Waals surface area contributed by atoms with Crippen LogP contribution < -0.4 is 5.73 Å². The van der Waals surface area contributed by atoms with Gasteiger partial charge in [0.15, 0.2) is 5.13 Å². The minimum absolute atomic E-state index is 0.238. The molecule has 0 aliphatic carbocycles. The maximum atomic E-state index is 12.5. The first kappa shape index (κ1) is 12.2. The van der Waals surface area contributed by atoms with E-state index < -0.39 is 11.7 Å². The Hall–Kier alpha value is -1.27. The van der Waals surface area contributed by atoms with Crippen molar-refractivity contribution in [2.24, 2.45) is 0 Å². The summed E-state index contributed by atoms with van der Waals surface area (Å²) in [6.45, 7) is 0. The van der Waals surface area contributed by atoms with Gasteiger partial charge in [0.05, 0.1) is 10.4 Å². The molecule has 90 valence electrons. The summed E-state index contributed by atoms with van der Waals surface area (Å²) < 4.78 is 37.6. The summed E-state index contributed by atoms with van der Waals surface area (Å²) in [4.78, 5) is 4.29. The van der Waals surface area contributed by atoms with Crippen molar-refractivity contribution in [3.05, 3.63) is 35.0 Å². The van der Waals surface area contributed by atoms with Gasteiger partial charge in [0.1, 0.15) is 0 Å². The van der Waals surface area contributed by atoms with Gasteiger partial charge in [-0.2, -0.15) is 13.2 Å². The zero-order valence-corrected chi connectivity index (χ0v) is 9.83. The normalized spacial score (nSPS) is 11.8. The fraction of sp³-hybridized carbons (Fsp3) is 0.100. The zero-order chi connectivity index (χ0) is 12.6. The second-order valence-corrected chi connectivity index (χ2v) is 4.72. The molecule has 1 aromatic carbocycles. The van der Waals surface area contributed by atoms with Crippen molar-refractivity contribution in [3.8, 4) is 10.4 Å². The lowest BCUT2D eigenvalue weighted by Gasteiger charge is -2.09. The zero-order valence-electron chi connectivity index (χ0n) is 8.25. The van der Waals surface area contributed by atoms with Gasteiger partial charge in [0.2, 0.25) is 0 Å². The highest BCUT2D eigenvalue weighted by Crippen LogP contribution is 2.38. The number of anilines is 1. The van der Waals surface area contributed by atoms with Crippen LogP contribution in [0.15, 0.2) is 24.4 Å². The van der Waals surface area contributed by atoms with Crippen LogP contribution in [0.5, 0.6) is 0 Å². The monoisotopic (exact) mass is 278 g/mol. The SMILES string of the molecule is Nc1ncc(-c2cc(C(F)(F)F)ccc2Cl)s1. The molecule has 17 heavy (non-hydrogen) atoms. The van der Waals surface area contributed by atoms with Gasteiger partial charge in [0, 0.05) is 16.8 Å². The van der Waals surface area contributed by atoms with E-state index in [1.807, 2.05) is 0 Å². The summed E-state index contributed by atoms with van der Waals surface area (Å²) in [6, 6.07) is 3.15. The van der Waals surface area contributed by atoms with Gasteiger partial charge in [-0.05, 0) is 18.2 Å². The van der Waals surface area contributed by atoms with Crippen LogP contribution in [0.1, 0.15) is 5.56 Å². The number of rotatable bonds is 1. The largest absolute Gasteiger partial charge is 0.416 e. The van der Waals surface area contributed by atoms with Gasteiger partial charge < -0.3 is 5.73 Å². The van der Waals surface area contributed by atoms with Crippen LogP contribution in [0.2, 0.25) is 5.02 Å². The first-order valence-electron chi connectivity index (χ1n) is 4.46. The molecule has 1 heterocycles. The molecule has 0 aliphatic rings. The fourth-order valence-corrected chi connectivity index (χ4v) is 2.29. The molecule has 0 unspecified atom stereocenters. The highest BCUT2D eigenvalue weighted by atomic mass is 35.5. The quantitative estimate of drug-likeness (QED) is 0.854. The molecule has 0 atom stereocenters. The molecule has 2 rings (SSSR count). The van der Waals surface area contributed by atoms with Crippen LogP contribution in [0, 0.1) is 0 Å². The van der Waals surface area contributed by atoms with Gasteiger partial charge in [0.25, 0.3) is 0 Å². The van der Waals surface area contributed by atoms with Crippen LogP contribution >= 0.6 is 22.9 Å². The van der Waals surface area contributed by atoms with Crippen molar-refractivity contribution >= 4 is 28.1 Å². The van der Waals surface area contributed by atoms with E-state index >= 15 is 0 Å². The Labute approximate surface area is 104 Å².